The van der Waals surface area contributed by atoms with Crippen LogP contribution in [0.2, 0.25) is 0 Å². The van der Waals surface area contributed by atoms with Crippen LogP contribution in [0.3, 0.4) is 0 Å². The molecule has 2 aliphatic heterocycles. The summed E-state index contributed by atoms with van der Waals surface area (Å²) in [5, 5.41) is 0. The fourth-order valence-electron chi connectivity index (χ4n) is 3.46. The number of sulfonamides is 1. The van der Waals surface area contributed by atoms with Crippen LogP contribution in [0.15, 0.2) is 24.3 Å². The number of hydrogen-bond donors (Lipinski definition) is 0. The number of benzene rings is 1. The first-order valence-electron chi connectivity index (χ1n) is 8.98. The van der Waals surface area contributed by atoms with E-state index in [4.69, 9.17) is 4.74 Å². The largest absolute Gasteiger partial charge is 0.463 e. The predicted octanol–water partition coefficient (Wildman–Crippen LogP) is 1.03. The maximum Gasteiger partial charge on any atom is 0.324 e. The molecule has 27 heavy (non-hydrogen) atoms. The van der Waals surface area contributed by atoms with Gasteiger partial charge in [-0.3, -0.25) is 19.3 Å². The highest BCUT2D eigenvalue weighted by Crippen LogP contribution is 2.24. The number of nitrogens with zero attached hydrogens (tertiary/aromatic N) is 2. The fraction of sp³-hybridized carbons (Fsp3) is 0.500. The molecule has 3 rings (SSSR count). The number of esters is 1. The maximum absolute atomic E-state index is 12.3. The van der Waals surface area contributed by atoms with Gasteiger partial charge in [-0.25, -0.2) is 8.42 Å². The molecule has 9 heteroatoms. The van der Waals surface area contributed by atoms with Crippen LogP contribution in [-0.4, -0.2) is 66.9 Å². The van der Waals surface area contributed by atoms with Crippen LogP contribution in [0.4, 0.5) is 0 Å². The van der Waals surface area contributed by atoms with Gasteiger partial charge in [0.05, 0.1) is 23.4 Å². The molecule has 0 aliphatic carbocycles. The molecule has 2 heterocycles. The van der Waals surface area contributed by atoms with Crippen LogP contribution in [0.25, 0.3) is 0 Å². The van der Waals surface area contributed by atoms with E-state index in [9.17, 15) is 22.8 Å². The smallest absolute Gasteiger partial charge is 0.324 e. The Hall–Kier alpha value is -2.26. The molecule has 1 saturated heterocycles. The van der Waals surface area contributed by atoms with E-state index in [-0.39, 0.29) is 18.9 Å². The lowest BCUT2D eigenvalue weighted by molar-refractivity contribution is -0.147. The minimum Gasteiger partial charge on any atom is -0.463 e. The standard InChI is InChI=1S/C18H22N2O6S/c1-2-12-27(24,25)20-9-5-8-15(20)18(23)26-11-10-19-16(21)13-6-3-4-7-14(13)17(19)22/h3-4,6-7,15H,2,5,8-12H2,1H3. The van der Waals surface area contributed by atoms with Crippen molar-refractivity contribution in [3.05, 3.63) is 35.4 Å². The van der Waals surface area contributed by atoms with Gasteiger partial charge in [0, 0.05) is 6.54 Å². The van der Waals surface area contributed by atoms with E-state index in [1.807, 2.05) is 0 Å². The average Bonchev–Trinajstić information content (AvgIpc) is 3.22. The van der Waals surface area contributed by atoms with Crippen molar-refractivity contribution in [2.75, 3.05) is 25.4 Å². The Labute approximate surface area is 158 Å². The Morgan fingerprint density at radius 2 is 1.81 bits per heavy atom. The highest BCUT2D eigenvalue weighted by molar-refractivity contribution is 7.89. The molecule has 8 nitrogen and oxygen atoms in total. The Morgan fingerprint density at radius 3 is 2.41 bits per heavy atom. The molecule has 0 aromatic heterocycles. The highest BCUT2D eigenvalue weighted by atomic mass is 32.2. The van der Waals surface area contributed by atoms with Crippen LogP contribution in [0.5, 0.6) is 0 Å². The third-order valence-corrected chi connectivity index (χ3v) is 6.81. The molecule has 1 aromatic carbocycles. The van der Waals surface area contributed by atoms with E-state index in [2.05, 4.69) is 0 Å². The Balaban J connectivity index is 1.57. The van der Waals surface area contributed by atoms with Crippen LogP contribution in [0, 0.1) is 0 Å². The molecule has 0 saturated carbocycles. The number of imide groups is 1. The van der Waals surface area contributed by atoms with Gasteiger partial charge in [-0.15, -0.1) is 0 Å². The minimum absolute atomic E-state index is 0.00812. The third-order valence-electron chi connectivity index (χ3n) is 4.73. The second-order valence-electron chi connectivity index (χ2n) is 6.56. The van der Waals surface area contributed by atoms with Gasteiger partial charge in [0.2, 0.25) is 10.0 Å². The summed E-state index contributed by atoms with van der Waals surface area (Å²) < 4.78 is 30.9. The molecule has 1 fully saturated rings. The molecular weight excluding hydrogens is 372 g/mol. The Morgan fingerprint density at radius 1 is 1.19 bits per heavy atom. The summed E-state index contributed by atoms with van der Waals surface area (Å²) in [6, 6.07) is 5.69. The van der Waals surface area contributed by atoms with E-state index in [0.717, 1.165) is 4.90 Å². The summed E-state index contributed by atoms with van der Waals surface area (Å²) in [7, 11) is -3.48. The maximum atomic E-state index is 12.3. The van der Waals surface area contributed by atoms with E-state index in [1.165, 1.54) is 4.31 Å². The lowest BCUT2D eigenvalue weighted by Crippen LogP contribution is -2.43. The number of ether oxygens (including phenoxy) is 1. The predicted molar refractivity (Wildman–Crippen MR) is 96.6 cm³/mol. The lowest BCUT2D eigenvalue weighted by Gasteiger charge is -2.23. The van der Waals surface area contributed by atoms with E-state index >= 15 is 0 Å². The minimum atomic E-state index is -3.48. The Kier molecular flexibility index (Phi) is 5.61. The molecule has 0 radical (unpaired) electrons. The van der Waals surface area contributed by atoms with Crippen LogP contribution in [-0.2, 0) is 19.6 Å². The monoisotopic (exact) mass is 394 g/mol. The van der Waals surface area contributed by atoms with Gasteiger partial charge >= 0.3 is 5.97 Å². The fourth-order valence-corrected chi connectivity index (χ4v) is 5.20. The van der Waals surface area contributed by atoms with Crippen molar-refractivity contribution in [1.82, 2.24) is 9.21 Å². The van der Waals surface area contributed by atoms with Crippen LogP contribution in [0.1, 0.15) is 46.9 Å². The second-order valence-corrected chi connectivity index (χ2v) is 8.60. The van der Waals surface area contributed by atoms with Gasteiger partial charge in [0.25, 0.3) is 11.8 Å². The zero-order chi connectivity index (χ0) is 19.6. The molecule has 0 bridgehead atoms. The summed E-state index contributed by atoms with van der Waals surface area (Å²) in [5.74, 6) is -1.48. The van der Waals surface area contributed by atoms with Crippen molar-refractivity contribution >= 4 is 27.8 Å². The van der Waals surface area contributed by atoms with Gasteiger partial charge in [0.1, 0.15) is 12.6 Å². The highest BCUT2D eigenvalue weighted by Gasteiger charge is 2.39. The summed E-state index contributed by atoms with van der Waals surface area (Å²) in [6.45, 7) is 1.85. The zero-order valence-corrected chi connectivity index (χ0v) is 15.9. The van der Waals surface area contributed by atoms with Crippen molar-refractivity contribution in [2.45, 2.75) is 32.2 Å². The van der Waals surface area contributed by atoms with Crippen molar-refractivity contribution in [1.29, 1.82) is 0 Å². The summed E-state index contributed by atoms with van der Waals surface area (Å²) in [5.41, 5.74) is 0.669. The molecule has 1 unspecified atom stereocenters. The van der Waals surface area contributed by atoms with Crippen molar-refractivity contribution in [3.8, 4) is 0 Å². The molecule has 1 aromatic rings. The molecule has 0 N–H and O–H groups in total. The summed E-state index contributed by atoms with van der Waals surface area (Å²) in [6.07, 6.45) is 1.48. The quantitative estimate of drug-likeness (QED) is 0.506. The number of carbonyl (C=O) groups excluding carboxylic acids is 3. The van der Waals surface area contributed by atoms with Gasteiger partial charge in [-0.1, -0.05) is 19.1 Å². The van der Waals surface area contributed by atoms with Gasteiger partial charge < -0.3 is 4.74 Å². The van der Waals surface area contributed by atoms with Crippen molar-refractivity contribution in [2.24, 2.45) is 0 Å². The van der Waals surface area contributed by atoms with Crippen molar-refractivity contribution < 1.29 is 27.5 Å². The molecule has 0 spiro atoms. The Bertz CT molecular complexity index is 831. The summed E-state index contributed by atoms with van der Waals surface area (Å²) in [4.78, 5) is 37.9. The summed E-state index contributed by atoms with van der Waals surface area (Å²) >= 11 is 0. The van der Waals surface area contributed by atoms with Crippen LogP contribution < -0.4 is 0 Å². The first-order chi connectivity index (χ1) is 12.9. The lowest BCUT2D eigenvalue weighted by atomic mass is 10.1. The average molecular weight is 394 g/mol. The molecule has 1 atom stereocenters. The molecule has 2 amide bonds. The topological polar surface area (TPSA) is 101 Å². The zero-order valence-electron chi connectivity index (χ0n) is 15.1. The third kappa shape index (κ3) is 3.74. The first-order valence-corrected chi connectivity index (χ1v) is 10.6. The molecular formula is C18H22N2O6S. The number of carbonyl (C=O) groups is 3. The van der Waals surface area contributed by atoms with Crippen molar-refractivity contribution in [3.63, 3.8) is 0 Å². The second kappa shape index (κ2) is 7.77. The number of fused-ring (bicyclic) bond motifs is 1. The van der Waals surface area contributed by atoms with Gasteiger partial charge in [-0.05, 0) is 31.4 Å². The molecule has 2 aliphatic rings. The van der Waals surface area contributed by atoms with Crippen LogP contribution >= 0.6 is 0 Å². The molecule has 146 valence electrons. The SMILES string of the molecule is CCCS(=O)(=O)N1CCCC1C(=O)OCCN1C(=O)c2ccccc2C1=O. The van der Waals surface area contributed by atoms with E-state index in [1.54, 1.807) is 31.2 Å². The number of amides is 2. The number of rotatable bonds is 7. The normalized spacial score (nSPS) is 20.2. The van der Waals surface area contributed by atoms with Gasteiger partial charge in [-0.2, -0.15) is 4.31 Å². The van der Waals surface area contributed by atoms with E-state index in [0.29, 0.717) is 36.9 Å². The first kappa shape index (κ1) is 19.5. The van der Waals surface area contributed by atoms with Gasteiger partial charge in [0.15, 0.2) is 0 Å². The van der Waals surface area contributed by atoms with E-state index < -0.39 is 33.8 Å². The number of hydrogen-bond acceptors (Lipinski definition) is 6.